The van der Waals surface area contributed by atoms with E-state index < -0.39 is 12.1 Å². The summed E-state index contributed by atoms with van der Waals surface area (Å²) in [5, 5.41) is 21.8. The highest BCUT2D eigenvalue weighted by atomic mass is 16.5. The van der Waals surface area contributed by atoms with Gasteiger partial charge in [0.2, 0.25) is 0 Å². The van der Waals surface area contributed by atoms with Gasteiger partial charge in [-0.25, -0.2) is 9.78 Å². The van der Waals surface area contributed by atoms with Crippen LogP contribution in [0.5, 0.6) is 0 Å². The van der Waals surface area contributed by atoms with E-state index in [-0.39, 0.29) is 18.7 Å². The number of aliphatic hydroxyl groups excluding tert-OH is 1. The zero-order valence-electron chi connectivity index (χ0n) is 11.6. The normalized spacial score (nSPS) is 15.5. The quantitative estimate of drug-likeness (QED) is 0.722. The van der Waals surface area contributed by atoms with Crippen molar-refractivity contribution in [1.29, 1.82) is 0 Å². The molecule has 1 aromatic rings. The van der Waals surface area contributed by atoms with Crippen LogP contribution in [0.3, 0.4) is 0 Å². The van der Waals surface area contributed by atoms with Gasteiger partial charge in [0.15, 0.2) is 0 Å². The molecule has 0 amide bonds. The van der Waals surface area contributed by atoms with Crippen LogP contribution in [0.25, 0.3) is 0 Å². The highest BCUT2D eigenvalue weighted by molar-refractivity contribution is 5.93. The van der Waals surface area contributed by atoms with Gasteiger partial charge in [-0.1, -0.05) is 0 Å². The summed E-state index contributed by atoms with van der Waals surface area (Å²) in [6.45, 7) is 0.403. The Bertz CT molecular complexity index is 490. The number of carboxylic acid groups (broad SMARTS) is 1. The fourth-order valence-corrected chi connectivity index (χ4v) is 2.40. The van der Waals surface area contributed by atoms with Gasteiger partial charge in [-0.2, -0.15) is 0 Å². The van der Waals surface area contributed by atoms with E-state index in [1.165, 1.54) is 7.11 Å². The Morgan fingerprint density at radius 1 is 1.50 bits per heavy atom. The van der Waals surface area contributed by atoms with Crippen LogP contribution in [-0.2, 0) is 17.6 Å². The zero-order valence-corrected chi connectivity index (χ0v) is 11.6. The third-order valence-corrected chi connectivity index (χ3v) is 3.40. The van der Waals surface area contributed by atoms with Gasteiger partial charge in [0.05, 0.1) is 12.7 Å². The van der Waals surface area contributed by atoms with Crippen LogP contribution in [0.2, 0.25) is 0 Å². The van der Waals surface area contributed by atoms with E-state index in [0.717, 1.165) is 36.9 Å². The summed E-state index contributed by atoms with van der Waals surface area (Å²) in [5.41, 5.74) is 2.15. The van der Waals surface area contributed by atoms with Crippen LogP contribution in [-0.4, -0.2) is 47.5 Å². The van der Waals surface area contributed by atoms with Gasteiger partial charge < -0.3 is 20.3 Å². The molecule has 6 heteroatoms. The minimum Gasteiger partial charge on any atom is -0.478 e. The molecular formula is C14H20N2O4. The maximum atomic E-state index is 11.3. The first-order valence-electron chi connectivity index (χ1n) is 6.78. The van der Waals surface area contributed by atoms with Crippen molar-refractivity contribution < 1.29 is 19.7 Å². The Kier molecular flexibility index (Phi) is 4.92. The van der Waals surface area contributed by atoms with Gasteiger partial charge in [-0.3, -0.25) is 0 Å². The van der Waals surface area contributed by atoms with Crippen LogP contribution in [0.1, 0.15) is 34.5 Å². The van der Waals surface area contributed by atoms with Gasteiger partial charge in [-0.15, -0.1) is 0 Å². The number of aromatic nitrogens is 1. The molecule has 0 aromatic carbocycles. The third kappa shape index (κ3) is 3.46. The molecule has 0 spiro atoms. The van der Waals surface area contributed by atoms with E-state index in [2.05, 4.69) is 10.3 Å². The maximum Gasteiger partial charge on any atom is 0.339 e. The minimum atomic E-state index is -1.00. The second kappa shape index (κ2) is 6.67. The molecule has 0 saturated heterocycles. The average molecular weight is 280 g/mol. The van der Waals surface area contributed by atoms with Crippen molar-refractivity contribution in [3.05, 3.63) is 22.9 Å². The number of hydrogen-bond donors (Lipinski definition) is 3. The van der Waals surface area contributed by atoms with Gasteiger partial charge >= 0.3 is 5.97 Å². The predicted octanol–water partition coefficient (Wildman–Crippen LogP) is 1.08. The second-order valence-electron chi connectivity index (χ2n) is 4.99. The third-order valence-electron chi connectivity index (χ3n) is 3.40. The van der Waals surface area contributed by atoms with Crippen LogP contribution >= 0.6 is 0 Å². The number of aliphatic hydroxyl groups is 1. The molecule has 0 radical (unpaired) electrons. The number of aromatic carboxylic acids is 1. The first-order valence-corrected chi connectivity index (χ1v) is 6.78. The minimum absolute atomic E-state index is 0.162. The number of methoxy groups -OCH3 is 1. The molecule has 0 fully saturated rings. The lowest BCUT2D eigenvalue weighted by molar-refractivity contribution is 0.0692. The summed E-state index contributed by atoms with van der Waals surface area (Å²) in [4.78, 5) is 15.7. The predicted molar refractivity (Wildman–Crippen MR) is 74.2 cm³/mol. The molecule has 0 bridgehead atoms. The molecule has 3 N–H and O–H groups in total. The smallest absolute Gasteiger partial charge is 0.339 e. The Morgan fingerprint density at radius 2 is 2.25 bits per heavy atom. The number of hydrogen-bond acceptors (Lipinski definition) is 5. The lowest BCUT2D eigenvalue weighted by Crippen LogP contribution is -2.26. The molecule has 2 rings (SSSR count). The van der Waals surface area contributed by atoms with Crippen molar-refractivity contribution in [1.82, 2.24) is 4.98 Å². The lowest BCUT2D eigenvalue weighted by atomic mass is 9.94. The topological polar surface area (TPSA) is 91.7 Å². The Labute approximate surface area is 117 Å². The van der Waals surface area contributed by atoms with Crippen molar-refractivity contribution in [3.8, 4) is 0 Å². The number of rotatable bonds is 6. The number of aryl methyl sites for hydroxylation is 2. The van der Waals surface area contributed by atoms with Crippen molar-refractivity contribution in [3.63, 3.8) is 0 Å². The van der Waals surface area contributed by atoms with Gasteiger partial charge in [0.1, 0.15) is 11.4 Å². The summed E-state index contributed by atoms with van der Waals surface area (Å²) in [6.07, 6.45) is 3.23. The molecule has 6 nitrogen and oxygen atoms in total. The number of ether oxygens (including phenoxy) is 1. The van der Waals surface area contributed by atoms with E-state index in [1.807, 2.05) is 0 Å². The van der Waals surface area contributed by atoms with Crippen LogP contribution in [0.15, 0.2) is 6.07 Å². The zero-order chi connectivity index (χ0) is 14.5. The highest BCUT2D eigenvalue weighted by Gasteiger charge is 2.19. The van der Waals surface area contributed by atoms with Crippen molar-refractivity contribution >= 4 is 11.8 Å². The van der Waals surface area contributed by atoms with E-state index in [1.54, 1.807) is 6.07 Å². The van der Waals surface area contributed by atoms with Crippen LogP contribution < -0.4 is 5.32 Å². The summed E-state index contributed by atoms with van der Waals surface area (Å²) < 4.78 is 4.83. The van der Waals surface area contributed by atoms with Crippen LogP contribution in [0, 0.1) is 0 Å². The average Bonchev–Trinajstić information content (AvgIpc) is 2.44. The standard InChI is InChI=1S/C14H20N2O4/c1-20-8-10(17)7-15-13-11(14(18)19)6-9-4-2-3-5-12(9)16-13/h6,10,17H,2-5,7-8H2,1H3,(H,15,16)(H,18,19). The van der Waals surface area contributed by atoms with Crippen LogP contribution in [0.4, 0.5) is 5.82 Å². The fraction of sp³-hybridized carbons (Fsp3) is 0.571. The van der Waals surface area contributed by atoms with E-state index >= 15 is 0 Å². The maximum absolute atomic E-state index is 11.3. The molecule has 0 saturated carbocycles. The molecule has 0 aliphatic heterocycles. The first-order chi connectivity index (χ1) is 9.61. The van der Waals surface area contributed by atoms with E-state index in [4.69, 9.17) is 4.74 Å². The van der Waals surface area contributed by atoms with Crippen molar-refractivity contribution in [2.75, 3.05) is 25.6 Å². The van der Waals surface area contributed by atoms with Gasteiger partial charge in [0, 0.05) is 19.3 Å². The number of carbonyl (C=O) groups is 1. The molecule has 110 valence electrons. The Hall–Kier alpha value is -1.66. The summed E-state index contributed by atoms with van der Waals surface area (Å²) in [6, 6.07) is 1.70. The molecule has 1 aliphatic carbocycles. The van der Waals surface area contributed by atoms with E-state index in [9.17, 15) is 15.0 Å². The molecule has 1 heterocycles. The monoisotopic (exact) mass is 280 g/mol. The summed E-state index contributed by atoms with van der Waals surface area (Å²) in [5.74, 6) is -0.678. The number of nitrogens with zero attached hydrogens (tertiary/aromatic N) is 1. The lowest BCUT2D eigenvalue weighted by Gasteiger charge is -2.19. The second-order valence-corrected chi connectivity index (χ2v) is 4.99. The Morgan fingerprint density at radius 3 is 2.95 bits per heavy atom. The highest BCUT2D eigenvalue weighted by Crippen LogP contribution is 2.24. The van der Waals surface area contributed by atoms with Gasteiger partial charge in [0.25, 0.3) is 0 Å². The van der Waals surface area contributed by atoms with Crippen molar-refractivity contribution in [2.45, 2.75) is 31.8 Å². The number of nitrogens with one attached hydrogen (secondary N) is 1. The number of anilines is 1. The number of pyridine rings is 1. The SMILES string of the molecule is COCC(O)CNc1nc2c(cc1C(=O)O)CCCC2. The van der Waals surface area contributed by atoms with Crippen molar-refractivity contribution in [2.24, 2.45) is 0 Å². The molecular weight excluding hydrogens is 260 g/mol. The molecule has 1 aliphatic rings. The number of carboxylic acids is 1. The molecule has 1 atom stereocenters. The molecule has 1 unspecified atom stereocenters. The Balaban J connectivity index is 2.19. The summed E-state index contributed by atoms with van der Waals surface area (Å²) >= 11 is 0. The molecule has 1 aromatic heterocycles. The summed E-state index contributed by atoms with van der Waals surface area (Å²) in [7, 11) is 1.50. The molecule has 20 heavy (non-hydrogen) atoms. The van der Waals surface area contributed by atoms with E-state index in [0.29, 0.717) is 5.82 Å². The number of fused-ring (bicyclic) bond motifs is 1. The largest absolute Gasteiger partial charge is 0.478 e. The fourth-order valence-electron chi connectivity index (χ4n) is 2.40. The van der Waals surface area contributed by atoms with Gasteiger partial charge in [-0.05, 0) is 37.3 Å². The first kappa shape index (κ1) is 14.7.